The fourth-order valence-corrected chi connectivity index (χ4v) is 1.93. The Balaban J connectivity index is 2.20. The van der Waals surface area contributed by atoms with Crippen LogP contribution < -0.4 is 0 Å². The van der Waals surface area contributed by atoms with Gasteiger partial charge < -0.3 is 0 Å². The predicted molar refractivity (Wildman–Crippen MR) is 68.0 cm³/mol. The first-order valence-corrected chi connectivity index (χ1v) is 6.11. The number of hydrogen-bond acceptors (Lipinski definition) is 2. The Bertz CT molecular complexity index is 652. The summed E-state index contributed by atoms with van der Waals surface area (Å²) in [4.78, 5) is 12.0. The van der Waals surface area contributed by atoms with E-state index in [2.05, 4.69) is 5.10 Å². The number of carbonyl (C=O) groups excluding carboxylic acids is 1. The third-order valence-corrected chi connectivity index (χ3v) is 3.06. The molecule has 0 aliphatic rings. The molecular formula is C12H7Cl2F3N2O. The van der Waals surface area contributed by atoms with Crippen molar-refractivity contribution in [2.75, 3.05) is 0 Å². The highest BCUT2D eigenvalue weighted by molar-refractivity contribution is 6.35. The summed E-state index contributed by atoms with van der Waals surface area (Å²) in [6.45, 7) is -0.351. The number of aromatic nitrogens is 2. The number of hydrogen-bond donors (Lipinski definition) is 0. The Morgan fingerprint density at radius 1 is 1.30 bits per heavy atom. The lowest BCUT2D eigenvalue weighted by molar-refractivity contribution is -0.137. The molecule has 0 spiro atoms. The van der Waals surface area contributed by atoms with E-state index < -0.39 is 17.5 Å². The zero-order chi connectivity index (χ0) is 14.9. The summed E-state index contributed by atoms with van der Waals surface area (Å²) < 4.78 is 38.1. The Labute approximate surface area is 121 Å². The average Bonchev–Trinajstić information content (AvgIpc) is 2.80. The molecule has 0 unspecified atom stereocenters. The predicted octanol–water partition coefficient (Wildman–Crippen LogP) is 4.09. The molecule has 0 radical (unpaired) electrons. The Kier molecular flexibility index (Phi) is 4.06. The Hall–Kier alpha value is -1.53. The van der Waals surface area contributed by atoms with E-state index >= 15 is 0 Å². The van der Waals surface area contributed by atoms with Crippen LogP contribution in [0.4, 0.5) is 13.2 Å². The van der Waals surface area contributed by atoms with Crippen molar-refractivity contribution in [2.24, 2.45) is 0 Å². The third-order valence-electron chi connectivity index (χ3n) is 2.49. The van der Waals surface area contributed by atoms with Gasteiger partial charge in [0.1, 0.15) is 6.54 Å². The fraction of sp³-hybridized carbons (Fsp3) is 0.167. The van der Waals surface area contributed by atoms with E-state index in [9.17, 15) is 18.0 Å². The highest BCUT2D eigenvalue weighted by atomic mass is 35.5. The monoisotopic (exact) mass is 322 g/mol. The highest BCUT2D eigenvalue weighted by Crippen LogP contribution is 2.28. The molecule has 3 nitrogen and oxygen atoms in total. The molecule has 106 valence electrons. The zero-order valence-corrected chi connectivity index (χ0v) is 11.3. The molecule has 1 heterocycles. The Morgan fingerprint density at radius 3 is 2.60 bits per heavy atom. The van der Waals surface area contributed by atoms with Crippen molar-refractivity contribution in [3.8, 4) is 0 Å². The van der Waals surface area contributed by atoms with Crippen LogP contribution in [0.15, 0.2) is 30.6 Å². The molecule has 0 N–H and O–H groups in total. The number of nitrogens with zero attached hydrogens (tertiary/aromatic N) is 2. The molecule has 0 saturated heterocycles. The van der Waals surface area contributed by atoms with Gasteiger partial charge in [0.2, 0.25) is 0 Å². The van der Waals surface area contributed by atoms with E-state index in [4.69, 9.17) is 23.2 Å². The lowest BCUT2D eigenvalue weighted by Crippen LogP contribution is -2.11. The van der Waals surface area contributed by atoms with Crippen LogP contribution in [-0.4, -0.2) is 15.6 Å². The summed E-state index contributed by atoms with van der Waals surface area (Å²) in [6.07, 6.45) is -3.07. The standard InChI is InChI=1S/C12H7Cl2F3N2O/c13-8-1-2-10(14)9(3-8)11(20)6-19-5-7(4-18-19)12(15,16)17/h1-5H,6H2. The van der Waals surface area contributed by atoms with Crippen molar-refractivity contribution in [1.29, 1.82) is 0 Å². The maximum Gasteiger partial charge on any atom is 0.419 e. The van der Waals surface area contributed by atoms with Gasteiger partial charge in [-0.2, -0.15) is 18.3 Å². The minimum absolute atomic E-state index is 0.142. The first-order chi connectivity index (χ1) is 9.27. The molecule has 0 aliphatic carbocycles. The van der Waals surface area contributed by atoms with Gasteiger partial charge in [-0.25, -0.2) is 0 Å². The highest BCUT2D eigenvalue weighted by Gasteiger charge is 2.32. The van der Waals surface area contributed by atoms with Crippen molar-refractivity contribution in [3.63, 3.8) is 0 Å². The maximum absolute atomic E-state index is 12.4. The normalized spacial score (nSPS) is 11.7. The number of carbonyl (C=O) groups is 1. The minimum Gasteiger partial charge on any atom is -0.292 e. The summed E-state index contributed by atoms with van der Waals surface area (Å²) in [5, 5.41) is 4.00. The molecule has 0 atom stereocenters. The Morgan fingerprint density at radius 2 is 2.00 bits per heavy atom. The smallest absolute Gasteiger partial charge is 0.292 e. The third kappa shape index (κ3) is 3.32. The molecule has 0 saturated carbocycles. The topological polar surface area (TPSA) is 34.9 Å². The van der Waals surface area contributed by atoms with Crippen molar-refractivity contribution >= 4 is 29.0 Å². The van der Waals surface area contributed by atoms with Crippen LogP contribution in [0.5, 0.6) is 0 Å². The molecule has 20 heavy (non-hydrogen) atoms. The number of ketones is 1. The molecule has 1 aromatic carbocycles. The number of rotatable bonds is 3. The van der Waals surface area contributed by atoms with Gasteiger partial charge >= 0.3 is 6.18 Å². The molecule has 0 aliphatic heterocycles. The lowest BCUT2D eigenvalue weighted by atomic mass is 10.1. The van der Waals surface area contributed by atoms with Gasteiger partial charge in [0.05, 0.1) is 16.8 Å². The van der Waals surface area contributed by atoms with E-state index in [1.807, 2.05) is 0 Å². The van der Waals surface area contributed by atoms with E-state index in [1.165, 1.54) is 18.2 Å². The van der Waals surface area contributed by atoms with Crippen molar-refractivity contribution in [2.45, 2.75) is 12.7 Å². The summed E-state index contributed by atoms with van der Waals surface area (Å²) in [7, 11) is 0. The van der Waals surface area contributed by atoms with Gasteiger partial charge in [-0.05, 0) is 18.2 Å². The first-order valence-electron chi connectivity index (χ1n) is 5.35. The van der Waals surface area contributed by atoms with Crippen molar-refractivity contribution in [1.82, 2.24) is 9.78 Å². The number of halogens is 5. The van der Waals surface area contributed by atoms with Crippen LogP contribution in [0, 0.1) is 0 Å². The van der Waals surface area contributed by atoms with Gasteiger partial charge in [0, 0.05) is 16.8 Å². The molecule has 1 aromatic heterocycles. The molecule has 0 amide bonds. The van der Waals surface area contributed by atoms with Crippen LogP contribution in [0.2, 0.25) is 10.0 Å². The van der Waals surface area contributed by atoms with Gasteiger partial charge in [-0.15, -0.1) is 0 Å². The molecule has 8 heteroatoms. The van der Waals surface area contributed by atoms with E-state index in [-0.39, 0.29) is 17.1 Å². The van der Waals surface area contributed by atoms with Gasteiger partial charge in [-0.1, -0.05) is 23.2 Å². The minimum atomic E-state index is -4.49. The SMILES string of the molecule is O=C(Cn1cc(C(F)(F)F)cn1)c1cc(Cl)ccc1Cl. The fourth-order valence-electron chi connectivity index (χ4n) is 1.54. The molecule has 2 aromatic rings. The van der Waals surface area contributed by atoms with Gasteiger partial charge in [0.25, 0.3) is 0 Å². The lowest BCUT2D eigenvalue weighted by Gasteiger charge is -2.05. The van der Waals surface area contributed by atoms with E-state index in [0.717, 1.165) is 10.9 Å². The van der Waals surface area contributed by atoms with Crippen LogP contribution in [0.3, 0.4) is 0 Å². The summed E-state index contributed by atoms with van der Waals surface area (Å²) in [5.41, 5.74) is -0.772. The largest absolute Gasteiger partial charge is 0.419 e. The quantitative estimate of drug-likeness (QED) is 0.798. The van der Waals surface area contributed by atoms with Crippen LogP contribution in [0.1, 0.15) is 15.9 Å². The van der Waals surface area contributed by atoms with Crippen LogP contribution >= 0.6 is 23.2 Å². The van der Waals surface area contributed by atoms with Crippen LogP contribution in [0.25, 0.3) is 0 Å². The van der Waals surface area contributed by atoms with E-state index in [0.29, 0.717) is 11.2 Å². The maximum atomic E-state index is 12.4. The molecule has 2 rings (SSSR count). The molecule has 0 fully saturated rings. The first kappa shape index (κ1) is 14.9. The second-order valence-corrected chi connectivity index (χ2v) is 4.82. The van der Waals surface area contributed by atoms with Crippen molar-refractivity contribution < 1.29 is 18.0 Å². The zero-order valence-electron chi connectivity index (χ0n) is 9.79. The van der Waals surface area contributed by atoms with Crippen LogP contribution in [-0.2, 0) is 12.7 Å². The summed E-state index contributed by atoms with van der Waals surface area (Å²) in [6, 6.07) is 4.32. The second-order valence-electron chi connectivity index (χ2n) is 3.97. The molecule has 0 bridgehead atoms. The number of Topliss-reactive ketones (excluding diaryl/α,β-unsaturated/α-hetero) is 1. The number of alkyl halides is 3. The summed E-state index contributed by atoms with van der Waals surface area (Å²) in [5.74, 6) is -0.477. The second kappa shape index (κ2) is 5.46. The van der Waals surface area contributed by atoms with Crippen molar-refractivity contribution in [3.05, 3.63) is 51.8 Å². The number of benzene rings is 1. The van der Waals surface area contributed by atoms with Gasteiger partial charge in [0.15, 0.2) is 5.78 Å². The molecular weight excluding hydrogens is 316 g/mol. The van der Waals surface area contributed by atoms with E-state index in [1.54, 1.807) is 0 Å². The average molecular weight is 323 g/mol. The summed E-state index contributed by atoms with van der Waals surface area (Å²) >= 11 is 11.6. The van der Waals surface area contributed by atoms with Gasteiger partial charge in [-0.3, -0.25) is 9.48 Å².